The molecule has 4 N–H and O–H groups in total. The molecule has 174 valence electrons. The first-order valence-electron chi connectivity index (χ1n) is 11.9. The summed E-state index contributed by atoms with van der Waals surface area (Å²) in [4.78, 5) is 25.5. The summed E-state index contributed by atoms with van der Waals surface area (Å²) in [7, 11) is 0. The van der Waals surface area contributed by atoms with Gasteiger partial charge in [-0.3, -0.25) is 4.79 Å². The van der Waals surface area contributed by atoms with Crippen molar-refractivity contribution in [3.63, 3.8) is 0 Å². The average molecular weight is 447 g/mol. The quantitative estimate of drug-likeness (QED) is 0.397. The van der Waals surface area contributed by atoms with Gasteiger partial charge in [0.2, 0.25) is 0 Å². The number of benzene rings is 2. The van der Waals surface area contributed by atoms with Gasteiger partial charge < -0.3 is 16.4 Å². The van der Waals surface area contributed by atoms with Gasteiger partial charge in [-0.1, -0.05) is 37.1 Å². The van der Waals surface area contributed by atoms with Gasteiger partial charge in [-0.2, -0.15) is 5.26 Å². The third-order valence-electron chi connectivity index (χ3n) is 6.54. The number of nitrogens with two attached hydrogens (primary N) is 1. The van der Waals surface area contributed by atoms with Crippen molar-refractivity contribution in [2.75, 3.05) is 18.4 Å². The Morgan fingerprint density at radius 1 is 1.06 bits per heavy atom. The summed E-state index contributed by atoms with van der Waals surface area (Å²) < 4.78 is 0. The van der Waals surface area contributed by atoms with Crippen molar-refractivity contribution in [1.29, 1.82) is 5.26 Å². The zero-order chi connectivity index (χ0) is 23.6. The van der Waals surface area contributed by atoms with Gasteiger partial charge >= 0.3 is 6.03 Å². The summed E-state index contributed by atoms with van der Waals surface area (Å²) in [5, 5.41) is 14.7. The third kappa shape index (κ3) is 6.90. The maximum atomic E-state index is 13.4. The molecule has 1 aliphatic rings. The number of amides is 2. The minimum Gasteiger partial charge on any atom is -0.338 e. The number of urea groups is 1. The zero-order valence-electron chi connectivity index (χ0n) is 19.4. The normalized spacial score (nSPS) is 18.5. The molecule has 0 aromatic heterocycles. The van der Waals surface area contributed by atoms with Crippen molar-refractivity contribution in [1.82, 2.24) is 5.32 Å². The van der Waals surface area contributed by atoms with Crippen LogP contribution in [0.25, 0.3) is 0 Å². The Morgan fingerprint density at radius 3 is 2.55 bits per heavy atom. The summed E-state index contributed by atoms with van der Waals surface area (Å²) >= 11 is 0. The van der Waals surface area contributed by atoms with Crippen molar-refractivity contribution in [2.45, 2.75) is 57.8 Å². The molecule has 1 saturated carbocycles. The molecule has 1 fully saturated rings. The molecule has 2 unspecified atom stereocenters. The molecule has 2 atom stereocenters. The van der Waals surface area contributed by atoms with Crippen LogP contribution in [0, 0.1) is 24.2 Å². The molecule has 0 heterocycles. The number of carbonyl (C=O) groups is 2. The highest BCUT2D eigenvalue weighted by atomic mass is 16.2. The lowest BCUT2D eigenvalue weighted by molar-refractivity contribution is 0.0896. The SMILES string of the molecule is Cc1ccc(C(=O)C2CCCCC(c3ccc(C#N)cc3)CC2)cc1NC(=O)NCCCN. The molecular formula is C27H34N4O2. The molecule has 0 bridgehead atoms. The van der Waals surface area contributed by atoms with Gasteiger partial charge in [0.1, 0.15) is 0 Å². The first-order valence-corrected chi connectivity index (χ1v) is 11.9. The lowest BCUT2D eigenvalue weighted by atomic mass is 9.79. The molecule has 6 nitrogen and oxygen atoms in total. The molecule has 6 heteroatoms. The molecule has 0 saturated heterocycles. The van der Waals surface area contributed by atoms with Crippen LogP contribution in [-0.2, 0) is 0 Å². The van der Waals surface area contributed by atoms with Gasteiger partial charge in [-0.05, 0) is 80.8 Å². The van der Waals surface area contributed by atoms with Crippen LogP contribution in [0.15, 0.2) is 42.5 Å². The Morgan fingerprint density at radius 2 is 1.82 bits per heavy atom. The van der Waals surface area contributed by atoms with Crippen molar-refractivity contribution >= 4 is 17.5 Å². The van der Waals surface area contributed by atoms with E-state index in [1.54, 1.807) is 6.07 Å². The second-order valence-electron chi connectivity index (χ2n) is 8.91. The fourth-order valence-electron chi connectivity index (χ4n) is 4.51. The number of anilines is 1. The number of aryl methyl sites for hydroxylation is 1. The standard InChI is InChI=1S/C27H34N4O2/c1-19-7-10-24(17-25(19)31-27(33)30-16-4-15-28)26(32)23-6-3-2-5-21(13-14-23)22-11-8-20(18-29)9-12-22/h7-12,17,21,23H,2-6,13-16,28H2,1H3,(H2,30,31,33). The highest BCUT2D eigenvalue weighted by Gasteiger charge is 2.25. The van der Waals surface area contributed by atoms with Gasteiger partial charge in [0, 0.05) is 23.7 Å². The highest BCUT2D eigenvalue weighted by Crippen LogP contribution is 2.34. The lowest BCUT2D eigenvalue weighted by Gasteiger charge is -2.25. The molecule has 2 aromatic rings. The number of ketones is 1. The number of rotatable bonds is 7. The highest BCUT2D eigenvalue weighted by molar-refractivity contribution is 6.00. The Bertz CT molecular complexity index is 994. The molecule has 0 spiro atoms. The summed E-state index contributed by atoms with van der Waals surface area (Å²) in [6.07, 6.45) is 6.67. The Hall–Kier alpha value is -3.17. The fourth-order valence-corrected chi connectivity index (χ4v) is 4.51. The molecule has 2 aromatic carbocycles. The van der Waals surface area contributed by atoms with Crippen molar-refractivity contribution in [2.24, 2.45) is 11.7 Å². The van der Waals surface area contributed by atoms with Crippen LogP contribution in [0.2, 0.25) is 0 Å². The maximum absolute atomic E-state index is 13.4. The van der Waals surface area contributed by atoms with Crippen LogP contribution < -0.4 is 16.4 Å². The number of carbonyl (C=O) groups excluding carboxylic acids is 2. The number of hydrogen-bond acceptors (Lipinski definition) is 4. The second kappa shape index (κ2) is 12.2. The Kier molecular flexibility index (Phi) is 9.03. The summed E-state index contributed by atoms with van der Waals surface area (Å²) in [6, 6.07) is 15.3. The number of nitrogens with zero attached hydrogens (tertiary/aromatic N) is 1. The van der Waals surface area contributed by atoms with Crippen molar-refractivity contribution in [3.05, 3.63) is 64.7 Å². The molecule has 0 radical (unpaired) electrons. The van der Waals surface area contributed by atoms with E-state index in [1.165, 1.54) is 5.56 Å². The first-order chi connectivity index (χ1) is 16.0. The Balaban J connectivity index is 1.66. The van der Waals surface area contributed by atoms with Crippen molar-refractivity contribution < 1.29 is 9.59 Å². The third-order valence-corrected chi connectivity index (χ3v) is 6.54. The van der Waals surface area contributed by atoms with Crippen LogP contribution in [0.4, 0.5) is 10.5 Å². The van der Waals surface area contributed by atoms with Crippen LogP contribution >= 0.6 is 0 Å². The second-order valence-corrected chi connectivity index (χ2v) is 8.91. The van der Waals surface area contributed by atoms with E-state index in [1.807, 2.05) is 31.2 Å². The smallest absolute Gasteiger partial charge is 0.319 e. The van der Waals surface area contributed by atoms with E-state index in [9.17, 15) is 9.59 Å². The van der Waals surface area contributed by atoms with E-state index in [0.29, 0.717) is 35.8 Å². The van der Waals surface area contributed by atoms with Gasteiger partial charge in [0.15, 0.2) is 5.78 Å². The molecule has 0 aliphatic heterocycles. The summed E-state index contributed by atoms with van der Waals surface area (Å²) in [5.41, 5.74) is 9.63. The number of nitriles is 1. The van der Waals surface area contributed by atoms with Gasteiger partial charge in [-0.15, -0.1) is 0 Å². The van der Waals surface area contributed by atoms with E-state index >= 15 is 0 Å². The van der Waals surface area contributed by atoms with E-state index in [2.05, 4.69) is 28.8 Å². The zero-order valence-corrected chi connectivity index (χ0v) is 19.4. The summed E-state index contributed by atoms with van der Waals surface area (Å²) in [5.74, 6) is 0.558. The molecule has 2 amide bonds. The Labute approximate surface area is 196 Å². The number of hydrogen-bond donors (Lipinski definition) is 3. The minimum absolute atomic E-state index is 0.0138. The van der Waals surface area contributed by atoms with Gasteiger partial charge in [0.25, 0.3) is 0 Å². The van der Waals surface area contributed by atoms with Gasteiger partial charge in [0.05, 0.1) is 11.6 Å². The van der Waals surface area contributed by atoms with Crippen LogP contribution in [0.3, 0.4) is 0 Å². The molecule has 3 rings (SSSR count). The summed E-state index contributed by atoms with van der Waals surface area (Å²) in [6.45, 7) is 2.96. The molecular weight excluding hydrogens is 412 g/mol. The largest absolute Gasteiger partial charge is 0.338 e. The van der Waals surface area contributed by atoms with E-state index in [-0.39, 0.29) is 17.7 Å². The van der Waals surface area contributed by atoms with Crippen molar-refractivity contribution in [3.8, 4) is 6.07 Å². The monoisotopic (exact) mass is 446 g/mol. The van der Waals surface area contributed by atoms with Crippen LogP contribution in [-0.4, -0.2) is 24.9 Å². The molecule has 1 aliphatic carbocycles. The van der Waals surface area contributed by atoms with E-state index in [4.69, 9.17) is 11.0 Å². The van der Waals surface area contributed by atoms with Crippen LogP contribution in [0.5, 0.6) is 0 Å². The molecule has 33 heavy (non-hydrogen) atoms. The van der Waals surface area contributed by atoms with Gasteiger partial charge in [-0.25, -0.2) is 4.79 Å². The fraction of sp³-hybridized carbons (Fsp3) is 0.444. The topological polar surface area (TPSA) is 108 Å². The average Bonchev–Trinajstić information content (AvgIpc) is 2.80. The van der Waals surface area contributed by atoms with E-state index < -0.39 is 0 Å². The predicted octanol–water partition coefficient (Wildman–Crippen LogP) is 5.27. The lowest BCUT2D eigenvalue weighted by Crippen LogP contribution is -2.30. The predicted molar refractivity (Wildman–Crippen MR) is 131 cm³/mol. The number of nitrogens with one attached hydrogen (secondary N) is 2. The number of Topliss-reactive ketones (excluding diaryl/α,β-unsaturated/α-hetero) is 1. The maximum Gasteiger partial charge on any atom is 0.319 e. The van der Waals surface area contributed by atoms with Crippen LogP contribution in [0.1, 0.15) is 77.9 Å². The first kappa shape index (κ1) is 24.5. The minimum atomic E-state index is -0.285. The van der Waals surface area contributed by atoms with E-state index in [0.717, 1.165) is 50.5 Å².